The van der Waals surface area contributed by atoms with E-state index in [4.69, 9.17) is 4.74 Å². The molecule has 1 heterocycles. The number of carbonyl (C=O) groups is 1. The molecule has 1 atom stereocenters. The smallest absolute Gasteiger partial charge is 0.322 e. The van der Waals surface area contributed by atoms with Gasteiger partial charge in [0.15, 0.2) is 0 Å². The van der Waals surface area contributed by atoms with E-state index in [1.54, 1.807) is 23.5 Å². The fourth-order valence-corrected chi connectivity index (χ4v) is 3.23. The first-order valence-corrected chi connectivity index (χ1v) is 6.54. The number of rotatable bonds is 3. The van der Waals surface area contributed by atoms with Gasteiger partial charge in [-0.1, -0.05) is 0 Å². The minimum absolute atomic E-state index is 0.120. The van der Waals surface area contributed by atoms with Crippen molar-refractivity contribution >= 4 is 29.5 Å². The Morgan fingerprint density at radius 3 is 2.54 bits per heavy atom. The molecule has 1 aliphatic heterocycles. The molecule has 0 amide bonds. The van der Waals surface area contributed by atoms with Gasteiger partial charge in [-0.15, -0.1) is 23.5 Å². The van der Waals surface area contributed by atoms with Crippen molar-refractivity contribution in [3.05, 3.63) is 0 Å². The van der Waals surface area contributed by atoms with Gasteiger partial charge in [0.1, 0.15) is 6.04 Å². The number of nitrogens with one attached hydrogen (secondary N) is 1. The normalized spacial score (nSPS) is 25.9. The van der Waals surface area contributed by atoms with Crippen molar-refractivity contribution in [2.75, 3.05) is 26.2 Å². The lowest BCUT2D eigenvalue weighted by atomic mass is 10.2. The van der Waals surface area contributed by atoms with Crippen molar-refractivity contribution in [1.29, 1.82) is 0 Å². The molecule has 0 radical (unpaired) electrons. The fraction of sp³-hybridized carbons (Fsp3) is 0.875. The lowest BCUT2D eigenvalue weighted by Gasteiger charge is -2.22. The molecule has 1 saturated heterocycles. The van der Waals surface area contributed by atoms with Crippen LogP contribution in [-0.2, 0) is 9.53 Å². The van der Waals surface area contributed by atoms with Crippen LogP contribution in [0.3, 0.4) is 0 Å². The molecule has 0 aromatic rings. The highest BCUT2D eigenvalue weighted by atomic mass is 32.2. The van der Waals surface area contributed by atoms with Crippen molar-refractivity contribution in [1.82, 2.24) is 5.32 Å². The van der Waals surface area contributed by atoms with Gasteiger partial charge >= 0.3 is 5.97 Å². The Hall–Kier alpha value is 0.130. The Balaban J connectivity index is 2.56. The predicted octanol–water partition coefficient (Wildman–Crippen LogP) is 0.944. The molecule has 1 rings (SSSR count). The van der Waals surface area contributed by atoms with E-state index < -0.39 is 0 Å². The van der Waals surface area contributed by atoms with Crippen molar-refractivity contribution in [2.45, 2.75) is 16.5 Å². The third-order valence-corrected chi connectivity index (χ3v) is 5.47. The van der Waals surface area contributed by atoms with Crippen LogP contribution in [0.25, 0.3) is 0 Å². The summed E-state index contributed by atoms with van der Waals surface area (Å²) in [5, 5.41) is 3.18. The van der Waals surface area contributed by atoms with Gasteiger partial charge in [0.05, 0.1) is 11.2 Å². The number of ether oxygens (including phenoxy) is 1. The summed E-state index contributed by atoms with van der Waals surface area (Å²) in [6.07, 6.45) is 5.01. The maximum absolute atomic E-state index is 11.2. The third-order valence-electron chi connectivity index (χ3n) is 2.36. The number of carbonyl (C=O) groups excluding carboxylic acids is 1. The summed E-state index contributed by atoms with van der Waals surface area (Å²) >= 11 is 3.61. The van der Waals surface area contributed by atoms with Gasteiger partial charge in [-0.25, -0.2) is 0 Å². The number of thioether (sulfide) groups is 2. The largest absolute Gasteiger partial charge is 0.468 e. The van der Waals surface area contributed by atoms with Crippen molar-refractivity contribution < 1.29 is 9.53 Å². The zero-order valence-electron chi connectivity index (χ0n) is 8.12. The maximum atomic E-state index is 11.2. The van der Waals surface area contributed by atoms with Gasteiger partial charge in [-0.05, 0) is 18.9 Å². The molecular formula is C8H15NO2S2. The third kappa shape index (κ3) is 2.33. The van der Waals surface area contributed by atoms with E-state index in [0.29, 0.717) is 0 Å². The standard InChI is InChI=1S/C8H15NO2S2/c1-11-7(10)6-4-8(12-2,13-3)5-9-6/h6,9H,4-5H2,1-3H3/t6-/m0/s1. The molecule has 0 unspecified atom stereocenters. The Bertz CT molecular complexity index is 195. The van der Waals surface area contributed by atoms with Crippen LogP contribution >= 0.6 is 23.5 Å². The van der Waals surface area contributed by atoms with E-state index in [1.807, 2.05) is 0 Å². The molecule has 0 spiro atoms. The molecule has 13 heavy (non-hydrogen) atoms. The molecule has 0 aromatic heterocycles. The molecule has 0 saturated carbocycles. The SMILES string of the molecule is COC(=O)[C@@H]1CC(SC)(SC)CN1. The first-order valence-electron chi connectivity index (χ1n) is 4.09. The van der Waals surface area contributed by atoms with E-state index in [2.05, 4.69) is 17.8 Å². The zero-order valence-corrected chi connectivity index (χ0v) is 9.76. The Kier molecular flexibility index (Phi) is 3.94. The molecule has 76 valence electrons. The number of hydrogen-bond acceptors (Lipinski definition) is 5. The lowest BCUT2D eigenvalue weighted by molar-refractivity contribution is -0.142. The quantitative estimate of drug-likeness (QED) is 0.567. The van der Waals surface area contributed by atoms with Gasteiger partial charge in [0, 0.05) is 6.54 Å². The van der Waals surface area contributed by atoms with Gasteiger partial charge in [-0.3, -0.25) is 4.79 Å². The summed E-state index contributed by atoms with van der Waals surface area (Å²) in [4.78, 5) is 11.2. The molecular weight excluding hydrogens is 206 g/mol. The molecule has 0 aliphatic carbocycles. The highest BCUT2D eigenvalue weighted by Crippen LogP contribution is 2.41. The second-order valence-electron chi connectivity index (χ2n) is 2.98. The van der Waals surface area contributed by atoms with Crippen LogP contribution in [0, 0.1) is 0 Å². The fourth-order valence-electron chi connectivity index (χ4n) is 1.44. The van der Waals surface area contributed by atoms with Crippen LogP contribution in [-0.4, -0.2) is 42.3 Å². The minimum atomic E-state index is -0.148. The van der Waals surface area contributed by atoms with Gasteiger partial charge in [0.2, 0.25) is 0 Å². The Labute approximate surface area is 87.4 Å². The number of methoxy groups -OCH3 is 1. The zero-order chi connectivity index (χ0) is 9.90. The maximum Gasteiger partial charge on any atom is 0.322 e. The van der Waals surface area contributed by atoms with Gasteiger partial charge in [-0.2, -0.15) is 0 Å². The molecule has 1 fully saturated rings. The van der Waals surface area contributed by atoms with Crippen molar-refractivity contribution in [3.8, 4) is 0 Å². The summed E-state index contributed by atoms with van der Waals surface area (Å²) in [7, 11) is 1.43. The number of hydrogen-bond donors (Lipinski definition) is 1. The van der Waals surface area contributed by atoms with Gasteiger partial charge in [0.25, 0.3) is 0 Å². The first kappa shape index (κ1) is 11.2. The van der Waals surface area contributed by atoms with Crippen LogP contribution in [0.4, 0.5) is 0 Å². The topological polar surface area (TPSA) is 38.3 Å². The van der Waals surface area contributed by atoms with E-state index in [1.165, 1.54) is 7.11 Å². The molecule has 0 aromatic carbocycles. The van der Waals surface area contributed by atoms with E-state index >= 15 is 0 Å². The summed E-state index contributed by atoms with van der Waals surface area (Å²) in [5.74, 6) is -0.148. The van der Waals surface area contributed by atoms with E-state index in [-0.39, 0.29) is 16.1 Å². The van der Waals surface area contributed by atoms with Gasteiger partial charge < -0.3 is 10.1 Å². The first-order chi connectivity index (χ1) is 6.17. The monoisotopic (exact) mass is 221 g/mol. The molecule has 1 N–H and O–H groups in total. The highest BCUT2D eigenvalue weighted by Gasteiger charge is 2.41. The van der Waals surface area contributed by atoms with Crippen LogP contribution in [0.2, 0.25) is 0 Å². The van der Waals surface area contributed by atoms with E-state index in [0.717, 1.165) is 13.0 Å². The van der Waals surface area contributed by atoms with Crippen LogP contribution in [0.15, 0.2) is 0 Å². The van der Waals surface area contributed by atoms with Crippen LogP contribution < -0.4 is 5.32 Å². The Morgan fingerprint density at radius 1 is 1.54 bits per heavy atom. The molecule has 0 bridgehead atoms. The molecule has 1 aliphatic rings. The summed E-state index contributed by atoms with van der Waals surface area (Å²) < 4.78 is 4.85. The lowest BCUT2D eigenvalue weighted by Crippen LogP contribution is -2.31. The number of esters is 1. The summed E-state index contributed by atoms with van der Waals surface area (Å²) in [6.45, 7) is 0.870. The summed E-state index contributed by atoms with van der Waals surface area (Å²) in [6, 6.07) is -0.120. The predicted molar refractivity (Wildman–Crippen MR) is 58.2 cm³/mol. The average molecular weight is 221 g/mol. The Morgan fingerprint density at radius 2 is 2.15 bits per heavy atom. The summed E-state index contributed by atoms with van der Waals surface area (Å²) in [5.41, 5.74) is 0. The van der Waals surface area contributed by atoms with Crippen LogP contribution in [0.5, 0.6) is 0 Å². The highest BCUT2D eigenvalue weighted by molar-refractivity contribution is 8.17. The van der Waals surface area contributed by atoms with E-state index in [9.17, 15) is 4.79 Å². The van der Waals surface area contributed by atoms with Crippen molar-refractivity contribution in [2.24, 2.45) is 0 Å². The minimum Gasteiger partial charge on any atom is -0.468 e. The second kappa shape index (κ2) is 4.57. The second-order valence-corrected chi connectivity index (χ2v) is 5.62. The molecule has 5 heteroatoms. The molecule has 3 nitrogen and oxygen atoms in total. The van der Waals surface area contributed by atoms with Crippen molar-refractivity contribution in [3.63, 3.8) is 0 Å². The average Bonchev–Trinajstić information content (AvgIpc) is 2.61. The van der Waals surface area contributed by atoms with Crippen LogP contribution in [0.1, 0.15) is 6.42 Å².